The van der Waals surface area contributed by atoms with Gasteiger partial charge in [0.1, 0.15) is 22.3 Å². The minimum atomic E-state index is 0.825. The lowest BCUT2D eigenvalue weighted by Gasteiger charge is -2.25. The molecule has 0 saturated carbocycles. The molecule has 66 heavy (non-hydrogen) atoms. The number of para-hydroxylation sites is 4. The molecule has 0 aliphatic rings. The minimum absolute atomic E-state index is 0.825. The van der Waals surface area contributed by atoms with Gasteiger partial charge in [-0.05, 0) is 130 Å². The molecule has 0 N–H and O–H groups in total. The lowest BCUT2D eigenvalue weighted by Crippen LogP contribution is -2.09. The number of benzene rings is 11. The zero-order valence-corrected chi connectivity index (χ0v) is 35.8. The quantitative estimate of drug-likeness (QED) is 0.153. The molecular formula is C62H40N2O2. The first kappa shape index (κ1) is 37.7. The Balaban J connectivity index is 1.08. The maximum absolute atomic E-state index is 7.26. The van der Waals surface area contributed by atoms with Crippen molar-refractivity contribution >= 4 is 99.5 Å². The SMILES string of the molecule is c1ccc(-c2c(-c3ccccc3)c3oc4cc5cc(N(c6ccccc6)c6ccccc6)ccc5cc4c3c3c2oc2cc4cc(N(c5ccccc5)c5ccccc5)ccc4cc23)cc1. The first-order chi connectivity index (χ1) is 32.7. The predicted molar refractivity (Wildman–Crippen MR) is 276 cm³/mol. The van der Waals surface area contributed by atoms with E-state index >= 15 is 0 Å². The van der Waals surface area contributed by atoms with Gasteiger partial charge in [0.25, 0.3) is 0 Å². The van der Waals surface area contributed by atoms with Crippen molar-refractivity contribution in [1.82, 2.24) is 0 Å². The smallest absolute Gasteiger partial charge is 0.144 e. The van der Waals surface area contributed by atoms with Gasteiger partial charge in [0.05, 0.1) is 0 Å². The van der Waals surface area contributed by atoms with E-state index in [4.69, 9.17) is 8.83 Å². The van der Waals surface area contributed by atoms with Crippen LogP contribution in [-0.4, -0.2) is 0 Å². The van der Waals surface area contributed by atoms with Crippen LogP contribution in [0.15, 0.2) is 251 Å². The maximum Gasteiger partial charge on any atom is 0.144 e. The molecule has 0 unspecified atom stereocenters. The summed E-state index contributed by atoms with van der Waals surface area (Å²) in [5, 5.41) is 8.64. The number of nitrogens with zero attached hydrogens (tertiary/aromatic N) is 2. The van der Waals surface area contributed by atoms with E-state index in [9.17, 15) is 0 Å². The summed E-state index contributed by atoms with van der Waals surface area (Å²) in [4.78, 5) is 4.61. The lowest BCUT2D eigenvalue weighted by atomic mass is 9.89. The third-order valence-electron chi connectivity index (χ3n) is 12.9. The number of rotatable bonds is 8. The molecule has 0 fully saturated rings. The Hall–Kier alpha value is -8.86. The van der Waals surface area contributed by atoms with Crippen molar-refractivity contribution < 1.29 is 8.83 Å². The maximum atomic E-state index is 7.26. The summed E-state index contributed by atoms with van der Waals surface area (Å²) < 4.78 is 14.5. The van der Waals surface area contributed by atoms with Gasteiger partial charge in [-0.3, -0.25) is 0 Å². The average molecular weight is 845 g/mol. The van der Waals surface area contributed by atoms with Crippen LogP contribution >= 0.6 is 0 Å². The van der Waals surface area contributed by atoms with E-state index in [2.05, 4.69) is 252 Å². The fourth-order valence-corrected chi connectivity index (χ4v) is 9.97. The third-order valence-corrected chi connectivity index (χ3v) is 12.9. The second kappa shape index (κ2) is 15.4. The first-order valence-electron chi connectivity index (χ1n) is 22.4. The van der Waals surface area contributed by atoms with E-state index in [-0.39, 0.29) is 0 Å². The summed E-state index contributed by atoms with van der Waals surface area (Å²) in [5.41, 5.74) is 14.0. The van der Waals surface area contributed by atoms with Crippen LogP contribution in [0.1, 0.15) is 0 Å². The number of fused-ring (bicyclic) bond motifs is 9. The molecule has 13 aromatic rings. The van der Waals surface area contributed by atoms with Gasteiger partial charge in [-0.2, -0.15) is 0 Å². The molecule has 0 amide bonds. The molecular weight excluding hydrogens is 805 g/mol. The summed E-state index contributed by atoms with van der Waals surface area (Å²) >= 11 is 0. The summed E-state index contributed by atoms with van der Waals surface area (Å²) in [6, 6.07) is 85.9. The standard InChI is InChI=1S/C62H40N2O2/c1-7-19-41(20-8-1)57-58(42-21-9-2-10-22-42)62-60(54-38-44-32-34-52(36-46(44)40-56(54)66-62)64(49-27-15-5-16-28-49)50-29-17-6-18-30-50)59-53-37-43-31-33-51(35-45(43)39-55(53)65-61(57)59)63(47-23-11-3-12-24-47)48-25-13-4-14-26-48/h1-40H. The van der Waals surface area contributed by atoms with Gasteiger partial charge in [0.15, 0.2) is 0 Å². The Morgan fingerprint density at radius 2 is 0.576 bits per heavy atom. The van der Waals surface area contributed by atoms with E-state index < -0.39 is 0 Å². The highest BCUT2D eigenvalue weighted by molar-refractivity contribution is 6.33. The number of anilines is 6. The Kier molecular flexibility index (Phi) is 8.81. The molecule has 0 aliphatic carbocycles. The molecule has 2 heterocycles. The summed E-state index contributed by atoms with van der Waals surface area (Å²) in [7, 11) is 0. The molecule has 0 radical (unpaired) electrons. The minimum Gasteiger partial charge on any atom is -0.455 e. The van der Waals surface area contributed by atoms with E-state index in [0.717, 1.165) is 122 Å². The Labute approximate surface area is 381 Å². The second-order valence-electron chi connectivity index (χ2n) is 16.9. The highest BCUT2D eigenvalue weighted by Gasteiger charge is 2.27. The Morgan fingerprint density at radius 1 is 0.258 bits per heavy atom. The van der Waals surface area contributed by atoms with Crippen LogP contribution in [0, 0.1) is 0 Å². The highest BCUT2D eigenvalue weighted by atomic mass is 16.3. The fourth-order valence-electron chi connectivity index (χ4n) is 9.97. The van der Waals surface area contributed by atoms with Crippen LogP contribution in [0.5, 0.6) is 0 Å². The topological polar surface area (TPSA) is 32.8 Å². The van der Waals surface area contributed by atoms with Gasteiger partial charge >= 0.3 is 0 Å². The normalized spacial score (nSPS) is 11.6. The largest absolute Gasteiger partial charge is 0.455 e. The second-order valence-corrected chi connectivity index (χ2v) is 16.9. The third kappa shape index (κ3) is 6.22. The predicted octanol–water partition coefficient (Wildman–Crippen LogP) is 18.1. The van der Waals surface area contributed by atoms with Gasteiger partial charge in [-0.15, -0.1) is 0 Å². The van der Waals surface area contributed by atoms with E-state index in [1.807, 2.05) is 0 Å². The van der Waals surface area contributed by atoms with E-state index in [0.29, 0.717) is 0 Å². The molecule has 4 nitrogen and oxygen atoms in total. The van der Waals surface area contributed by atoms with Crippen molar-refractivity contribution in [2.24, 2.45) is 0 Å². The number of furan rings is 2. The first-order valence-corrected chi connectivity index (χ1v) is 22.4. The number of hydrogen-bond acceptors (Lipinski definition) is 4. The fraction of sp³-hybridized carbons (Fsp3) is 0. The van der Waals surface area contributed by atoms with Crippen LogP contribution < -0.4 is 9.80 Å². The molecule has 0 atom stereocenters. The zero-order valence-electron chi connectivity index (χ0n) is 35.8. The summed E-state index contributed by atoms with van der Waals surface area (Å²) in [6.07, 6.45) is 0. The van der Waals surface area contributed by atoms with E-state index in [1.54, 1.807) is 0 Å². The Morgan fingerprint density at radius 3 is 0.909 bits per heavy atom. The molecule has 11 aromatic carbocycles. The van der Waals surface area contributed by atoms with Gasteiger partial charge in [0, 0.05) is 66.8 Å². The molecule has 13 rings (SSSR count). The molecule has 4 heteroatoms. The van der Waals surface area contributed by atoms with Crippen molar-refractivity contribution in [1.29, 1.82) is 0 Å². The molecule has 0 spiro atoms. The van der Waals surface area contributed by atoms with Gasteiger partial charge in [-0.1, -0.05) is 146 Å². The van der Waals surface area contributed by atoms with Gasteiger partial charge in [0.2, 0.25) is 0 Å². The Bertz CT molecular complexity index is 3570. The van der Waals surface area contributed by atoms with Crippen LogP contribution in [0.25, 0.3) is 87.7 Å². The van der Waals surface area contributed by atoms with Crippen LogP contribution in [0.2, 0.25) is 0 Å². The van der Waals surface area contributed by atoms with Crippen molar-refractivity contribution in [3.8, 4) is 22.3 Å². The average Bonchev–Trinajstić information content (AvgIpc) is 3.93. The summed E-state index contributed by atoms with van der Waals surface area (Å²) in [5.74, 6) is 0. The summed E-state index contributed by atoms with van der Waals surface area (Å²) in [6.45, 7) is 0. The lowest BCUT2D eigenvalue weighted by molar-refractivity contribution is 0.665. The van der Waals surface area contributed by atoms with Gasteiger partial charge < -0.3 is 18.6 Å². The van der Waals surface area contributed by atoms with Crippen LogP contribution in [0.3, 0.4) is 0 Å². The molecule has 0 bridgehead atoms. The number of hydrogen-bond donors (Lipinski definition) is 0. The van der Waals surface area contributed by atoms with Crippen molar-refractivity contribution in [3.05, 3.63) is 243 Å². The zero-order chi connectivity index (χ0) is 43.6. The van der Waals surface area contributed by atoms with Crippen LogP contribution in [0.4, 0.5) is 34.1 Å². The van der Waals surface area contributed by atoms with Crippen LogP contribution in [-0.2, 0) is 0 Å². The highest BCUT2D eigenvalue weighted by Crippen LogP contribution is 2.52. The molecule has 310 valence electrons. The van der Waals surface area contributed by atoms with Crippen molar-refractivity contribution in [2.75, 3.05) is 9.80 Å². The van der Waals surface area contributed by atoms with E-state index in [1.165, 1.54) is 0 Å². The monoisotopic (exact) mass is 844 g/mol. The van der Waals surface area contributed by atoms with Crippen molar-refractivity contribution in [2.45, 2.75) is 0 Å². The van der Waals surface area contributed by atoms with Crippen molar-refractivity contribution in [3.63, 3.8) is 0 Å². The molecule has 0 aliphatic heterocycles. The van der Waals surface area contributed by atoms with Gasteiger partial charge in [-0.25, -0.2) is 0 Å². The molecule has 0 saturated heterocycles. The molecule has 2 aromatic heterocycles.